The van der Waals surface area contributed by atoms with Crippen molar-refractivity contribution in [3.05, 3.63) is 0 Å². The number of epoxide rings is 1. The molecule has 2 atom stereocenters. The topological polar surface area (TPSA) is 29.6 Å². The number of ketones is 1. The van der Waals surface area contributed by atoms with E-state index in [4.69, 9.17) is 4.74 Å². The smallest absolute Gasteiger partial charge is 0.166 e. The number of carbonyl (C=O) groups is 1. The molecule has 1 heterocycles. The molecule has 2 nitrogen and oxygen atoms in total. The molecule has 0 amide bonds. The van der Waals surface area contributed by atoms with E-state index in [1.165, 1.54) is 25.7 Å². The normalized spacial score (nSPS) is 25.4. The summed E-state index contributed by atoms with van der Waals surface area (Å²) < 4.78 is 5.37. The molecular weight excluding hydrogens is 176 g/mol. The first-order valence-corrected chi connectivity index (χ1v) is 5.86. The van der Waals surface area contributed by atoms with E-state index in [0.29, 0.717) is 0 Å². The summed E-state index contributed by atoms with van der Waals surface area (Å²) in [6, 6.07) is 0. The van der Waals surface area contributed by atoms with E-state index in [9.17, 15) is 4.79 Å². The highest BCUT2D eigenvalue weighted by Gasteiger charge is 2.44. The Hall–Kier alpha value is -0.370. The molecule has 0 aromatic carbocycles. The number of rotatable bonds is 7. The maximum Gasteiger partial charge on any atom is 0.166 e. The first kappa shape index (κ1) is 11.7. The molecule has 1 aliphatic heterocycles. The van der Waals surface area contributed by atoms with Gasteiger partial charge in [-0.1, -0.05) is 46.5 Å². The Morgan fingerprint density at radius 1 is 1.29 bits per heavy atom. The number of Topliss-reactive ketones (excluding diaryl/α,β-unsaturated/α-hetero) is 1. The average Bonchev–Trinajstić information content (AvgIpc) is 2.90. The highest BCUT2D eigenvalue weighted by molar-refractivity contribution is 5.87. The Labute approximate surface area is 87.0 Å². The van der Waals surface area contributed by atoms with Crippen molar-refractivity contribution in [3.8, 4) is 0 Å². The second kappa shape index (κ2) is 5.50. The molecule has 2 heteroatoms. The molecule has 0 spiro atoms. The van der Waals surface area contributed by atoms with Crippen LogP contribution in [0.4, 0.5) is 0 Å². The SMILES string of the molecule is CCCCCC[C@H]1O[C@@H]1C(=O)C(C)C. The molecule has 14 heavy (non-hydrogen) atoms. The minimum absolute atomic E-state index is 0.0587. The zero-order valence-electron chi connectivity index (χ0n) is 9.58. The summed E-state index contributed by atoms with van der Waals surface area (Å²) in [7, 11) is 0. The van der Waals surface area contributed by atoms with Crippen LogP contribution >= 0.6 is 0 Å². The van der Waals surface area contributed by atoms with Gasteiger partial charge in [0.25, 0.3) is 0 Å². The number of hydrogen-bond acceptors (Lipinski definition) is 2. The van der Waals surface area contributed by atoms with Crippen molar-refractivity contribution in [1.29, 1.82) is 0 Å². The molecule has 0 saturated carbocycles. The summed E-state index contributed by atoms with van der Waals surface area (Å²) in [5.41, 5.74) is 0. The molecule has 1 fully saturated rings. The van der Waals surface area contributed by atoms with Gasteiger partial charge in [-0.25, -0.2) is 0 Å². The van der Waals surface area contributed by atoms with E-state index in [2.05, 4.69) is 6.92 Å². The lowest BCUT2D eigenvalue weighted by molar-refractivity contribution is -0.123. The van der Waals surface area contributed by atoms with Crippen LogP contribution in [0.25, 0.3) is 0 Å². The molecule has 1 rings (SSSR count). The second-order valence-electron chi connectivity index (χ2n) is 4.50. The minimum Gasteiger partial charge on any atom is -0.361 e. The summed E-state index contributed by atoms with van der Waals surface area (Å²) in [5.74, 6) is 0.408. The third kappa shape index (κ3) is 3.41. The van der Waals surface area contributed by atoms with E-state index in [0.717, 1.165) is 6.42 Å². The van der Waals surface area contributed by atoms with E-state index in [-0.39, 0.29) is 23.9 Å². The third-order valence-electron chi connectivity index (χ3n) is 2.77. The molecule has 0 aromatic rings. The van der Waals surface area contributed by atoms with Crippen LogP contribution < -0.4 is 0 Å². The molecular formula is C12H22O2. The van der Waals surface area contributed by atoms with Crippen molar-refractivity contribution in [2.75, 3.05) is 0 Å². The van der Waals surface area contributed by atoms with Crippen LogP contribution in [0, 0.1) is 5.92 Å². The number of carbonyl (C=O) groups excluding carboxylic acids is 1. The molecule has 1 saturated heterocycles. The van der Waals surface area contributed by atoms with Crippen LogP contribution in [-0.4, -0.2) is 18.0 Å². The monoisotopic (exact) mass is 198 g/mol. The Morgan fingerprint density at radius 3 is 2.57 bits per heavy atom. The molecule has 0 radical (unpaired) electrons. The molecule has 82 valence electrons. The predicted octanol–water partition coefficient (Wildman–Crippen LogP) is 2.95. The van der Waals surface area contributed by atoms with Crippen LogP contribution in [0.1, 0.15) is 52.9 Å². The van der Waals surface area contributed by atoms with Gasteiger partial charge in [-0.2, -0.15) is 0 Å². The predicted molar refractivity (Wildman–Crippen MR) is 57.3 cm³/mol. The van der Waals surface area contributed by atoms with E-state index < -0.39 is 0 Å². The van der Waals surface area contributed by atoms with Gasteiger partial charge in [-0.05, 0) is 6.42 Å². The molecule has 0 aliphatic carbocycles. The Morgan fingerprint density at radius 2 is 2.00 bits per heavy atom. The molecule has 1 aliphatic rings. The second-order valence-corrected chi connectivity index (χ2v) is 4.50. The van der Waals surface area contributed by atoms with E-state index >= 15 is 0 Å². The zero-order valence-corrected chi connectivity index (χ0v) is 9.58. The van der Waals surface area contributed by atoms with Crippen LogP contribution in [0.15, 0.2) is 0 Å². The van der Waals surface area contributed by atoms with Gasteiger partial charge in [0.1, 0.15) is 6.10 Å². The van der Waals surface area contributed by atoms with E-state index in [1.807, 2.05) is 13.8 Å². The maximum atomic E-state index is 11.5. The van der Waals surface area contributed by atoms with Crippen molar-refractivity contribution < 1.29 is 9.53 Å². The van der Waals surface area contributed by atoms with E-state index in [1.54, 1.807) is 0 Å². The first-order chi connectivity index (χ1) is 6.66. The van der Waals surface area contributed by atoms with Gasteiger partial charge in [0.2, 0.25) is 0 Å². The highest BCUT2D eigenvalue weighted by Crippen LogP contribution is 2.30. The number of hydrogen-bond donors (Lipinski definition) is 0. The zero-order chi connectivity index (χ0) is 10.6. The third-order valence-corrected chi connectivity index (χ3v) is 2.77. The first-order valence-electron chi connectivity index (χ1n) is 5.86. The van der Waals surface area contributed by atoms with Crippen LogP contribution in [0.5, 0.6) is 0 Å². The Kier molecular flexibility index (Phi) is 4.59. The Bertz CT molecular complexity index is 187. The Balaban J connectivity index is 2.05. The maximum absolute atomic E-state index is 11.5. The summed E-state index contributed by atoms with van der Waals surface area (Å²) in [6.07, 6.45) is 6.32. The molecule has 0 N–H and O–H groups in total. The fraction of sp³-hybridized carbons (Fsp3) is 0.917. The van der Waals surface area contributed by atoms with Crippen molar-refractivity contribution >= 4 is 5.78 Å². The quantitative estimate of drug-likeness (QED) is 0.465. The number of ether oxygens (including phenoxy) is 1. The molecule has 0 bridgehead atoms. The van der Waals surface area contributed by atoms with Crippen LogP contribution in [0.3, 0.4) is 0 Å². The summed E-state index contributed by atoms with van der Waals surface area (Å²) in [5, 5.41) is 0. The average molecular weight is 198 g/mol. The lowest BCUT2D eigenvalue weighted by Crippen LogP contribution is -2.16. The summed E-state index contributed by atoms with van der Waals surface area (Å²) in [6.45, 7) is 6.09. The van der Waals surface area contributed by atoms with Gasteiger partial charge < -0.3 is 4.74 Å². The van der Waals surface area contributed by atoms with Gasteiger partial charge in [0, 0.05) is 5.92 Å². The van der Waals surface area contributed by atoms with Crippen molar-refractivity contribution in [2.45, 2.75) is 65.1 Å². The minimum atomic E-state index is -0.0587. The standard InChI is InChI=1S/C12H22O2/c1-4-5-6-7-8-10-12(14-10)11(13)9(2)3/h9-10,12H,4-8H2,1-3H3/t10-,12+/m1/s1. The summed E-state index contributed by atoms with van der Waals surface area (Å²) >= 11 is 0. The van der Waals surface area contributed by atoms with Gasteiger partial charge in [0.15, 0.2) is 5.78 Å². The summed E-state index contributed by atoms with van der Waals surface area (Å²) in [4.78, 5) is 11.5. The van der Waals surface area contributed by atoms with Gasteiger partial charge in [-0.3, -0.25) is 4.79 Å². The van der Waals surface area contributed by atoms with Gasteiger partial charge in [-0.15, -0.1) is 0 Å². The molecule has 0 unspecified atom stereocenters. The van der Waals surface area contributed by atoms with Crippen LogP contribution in [-0.2, 0) is 9.53 Å². The van der Waals surface area contributed by atoms with Crippen molar-refractivity contribution in [1.82, 2.24) is 0 Å². The van der Waals surface area contributed by atoms with Gasteiger partial charge >= 0.3 is 0 Å². The lowest BCUT2D eigenvalue weighted by atomic mass is 10.0. The number of unbranched alkanes of at least 4 members (excludes halogenated alkanes) is 3. The van der Waals surface area contributed by atoms with Crippen LogP contribution in [0.2, 0.25) is 0 Å². The van der Waals surface area contributed by atoms with Crippen molar-refractivity contribution in [2.24, 2.45) is 5.92 Å². The largest absolute Gasteiger partial charge is 0.361 e. The fourth-order valence-electron chi connectivity index (χ4n) is 1.71. The van der Waals surface area contributed by atoms with Crippen molar-refractivity contribution in [3.63, 3.8) is 0 Å². The lowest BCUT2D eigenvalue weighted by Gasteiger charge is -1.99. The molecule has 0 aromatic heterocycles. The fourth-order valence-corrected chi connectivity index (χ4v) is 1.71. The van der Waals surface area contributed by atoms with Gasteiger partial charge in [0.05, 0.1) is 6.10 Å². The highest BCUT2D eigenvalue weighted by atomic mass is 16.6.